The van der Waals surface area contributed by atoms with Gasteiger partial charge in [-0.05, 0) is 135 Å². The van der Waals surface area contributed by atoms with E-state index in [0.29, 0.717) is 0 Å². The Morgan fingerprint density at radius 2 is 0.714 bits per heavy atom. The Balaban J connectivity index is 0.000000675. The molecule has 0 aliphatic carbocycles. The molecule has 0 atom stereocenters. The summed E-state index contributed by atoms with van der Waals surface area (Å²) in [5, 5.41) is 0. The number of alkyl halides is 3. The van der Waals surface area contributed by atoms with E-state index in [1.807, 2.05) is 0 Å². The Labute approximate surface area is 250 Å². The van der Waals surface area contributed by atoms with Crippen LogP contribution >= 0.6 is 0 Å². The van der Waals surface area contributed by atoms with E-state index in [0.717, 1.165) is 17.2 Å². The van der Waals surface area contributed by atoms with E-state index in [1.165, 1.54) is 14.7 Å². The second kappa shape index (κ2) is 13.2. The molecular weight excluding hydrogens is 589 g/mol. The van der Waals surface area contributed by atoms with Gasteiger partial charge in [0.05, 0.1) is 10.9 Å². The lowest BCUT2D eigenvalue weighted by Gasteiger charge is -2.22. The van der Waals surface area contributed by atoms with Gasteiger partial charge in [0.2, 0.25) is 0 Å². The molecule has 42 heavy (non-hydrogen) atoms. The molecule has 6 nitrogen and oxygen atoms in total. The van der Waals surface area contributed by atoms with Crippen molar-refractivity contribution in [2.75, 3.05) is 0 Å². The normalized spacial score (nSPS) is 12.8. The molecular formula is C31H40F3O6S2+. The summed E-state index contributed by atoms with van der Waals surface area (Å²) < 4.78 is 75.7. The maximum Gasteiger partial charge on any atom is 0.522 e. The van der Waals surface area contributed by atoms with Crippen LogP contribution in [0, 0.1) is 0 Å². The summed E-state index contributed by atoms with van der Waals surface area (Å²) in [5.74, 6) is 2.63. The standard InChI is InChI=1S/C30H39O3S.CHF3O3S/c1-28(2,3)31-22-10-16-25(17-11-22)34(26-18-12-23(13-19-26)32-29(4,5)6)27-20-14-24(15-21-27)33-30(7,8)9;2-1(3,4)8(5,6)7/h10-21H,1-9H3;(H,5,6,7)/q+1;. The molecule has 0 fully saturated rings. The number of rotatable bonds is 6. The Bertz CT molecular complexity index is 1240. The van der Waals surface area contributed by atoms with E-state index < -0.39 is 15.6 Å². The minimum absolute atomic E-state index is 0.227. The smallest absolute Gasteiger partial charge is 0.488 e. The number of halogens is 3. The Kier molecular flexibility index (Phi) is 11.1. The van der Waals surface area contributed by atoms with Crippen molar-refractivity contribution in [2.45, 2.75) is 99.3 Å². The van der Waals surface area contributed by atoms with Crippen LogP contribution in [-0.2, 0) is 21.0 Å². The third-order valence-corrected chi connectivity index (χ3v) is 7.56. The highest BCUT2D eigenvalue weighted by molar-refractivity contribution is 7.97. The lowest BCUT2D eigenvalue weighted by Crippen LogP contribution is -2.23. The van der Waals surface area contributed by atoms with Gasteiger partial charge in [0, 0.05) is 0 Å². The molecule has 0 aromatic heterocycles. The van der Waals surface area contributed by atoms with Gasteiger partial charge in [0.25, 0.3) is 0 Å². The Hall–Kier alpha value is -2.89. The largest absolute Gasteiger partial charge is 0.522 e. The van der Waals surface area contributed by atoms with E-state index in [-0.39, 0.29) is 27.7 Å². The second-order valence-electron chi connectivity index (χ2n) is 12.3. The SMILES string of the molecule is CC(C)(C)Oc1ccc([S+](c2ccc(OC(C)(C)C)cc2)c2ccc(OC(C)(C)C)cc2)cc1.O=S(=O)(O)C(F)(F)F. The summed E-state index contributed by atoms with van der Waals surface area (Å²) in [6, 6.07) is 25.4. The average Bonchev–Trinajstić information content (AvgIpc) is 2.79. The molecule has 3 aromatic rings. The van der Waals surface area contributed by atoms with Crippen molar-refractivity contribution < 1.29 is 40.4 Å². The van der Waals surface area contributed by atoms with Gasteiger partial charge in [-0.15, -0.1) is 0 Å². The zero-order valence-electron chi connectivity index (χ0n) is 25.4. The van der Waals surface area contributed by atoms with Crippen molar-refractivity contribution in [1.29, 1.82) is 0 Å². The monoisotopic (exact) mass is 629 g/mol. The summed E-state index contributed by atoms with van der Waals surface area (Å²) in [4.78, 5) is 3.70. The average molecular weight is 630 g/mol. The molecule has 1 N–H and O–H groups in total. The zero-order chi connectivity index (χ0) is 32.1. The molecule has 0 amide bonds. The molecule has 0 unspecified atom stereocenters. The lowest BCUT2D eigenvalue weighted by atomic mass is 10.2. The molecule has 0 saturated carbocycles. The quantitative estimate of drug-likeness (QED) is 0.167. The van der Waals surface area contributed by atoms with Crippen LogP contribution in [0.25, 0.3) is 0 Å². The maximum atomic E-state index is 10.7. The van der Waals surface area contributed by atoms with E-state index in [9.17, 15) is 13.2 Å². The fourth-order valence-electron chi connectivity index (χ4n) is 3.40. The van der Waals surface area contributed by atoms with Crippen LogP contribution in [0.3, 0.4) is 0 Å². The molecule has 11 heteroatoms. The van der Waals surface area contributed by atoms with Gasteiger partial charge >= 0.3 is 15.6 Å². The van der Waals surface area contributed by atoms with Crippen molar-refractivity contribution in [3.63, 3.8) is 0 Å². The molecule has 0 radical (unpaired) electrons. The highest BCUT2D eigenvalue weighted by atomic mass is 32.2. The first kappa shape index (κ1) is 35.3. The topological polar surface area (TPSA) is 82.1 Å². The zero-order valence-corrected chi connectivity index (χ0v) is 27.0. The predicted molar refractivity (Wildman–Crippen MR) is 160 cm³/mol. The van der Waals surface area contributed by atoms with E-state index in [2.05, 4.69) is 135 Å². The molecule has 3 rings (SSSR count). The molecule has 0 saturated heterocycles. The van der Waals surface area contributed by atoms with Crippen molar-refractivity contribution in [3.8, 4) is 17.2 Å². The first-order chi connectivity index (χ1) is 18.9. The second-order valence-corrected chi connectivity index (χ2v) is 15.7. The van der Waals surface area contributed by atoms with Crippen LogP contribution in [0.4, 0.5) is 13.2 Å². The van der Waals surface area contributed by atoms with Gasteiger partial charge in [0.15, 0.2) is 14.7 Å². The molecule has 232 valence electrons. The minimum Gasteiger partial charge on any atom is -0.488 e. The van der Waals surface area contributed by atoms with Crippen LogP contribution in [0.1, 0.15) is 62.3 Å². The summed E-state index contributed by atoms with van der Waals surface area (Å²) >= 11 is 0. The van der Waals surface area contributed by atoms with Crippen LogP contribution < -0.4 is 14.2 Å². The number of hydrogen-bond acceptors (Lipinski definition) is 5. The summed E-state index contributed by atoms with van der Waals surface area (Å²) in [6.45, 7) is 18.6. The van der Waals surface area contributed by atoms with Crippen LogP contribution in [0.2, 0.25) is 0 Å². The highest BCUT2D eigenvalue weighted by Crippen LogP contribution is 2.35. The number of ether oxygens (including phenoxy) is 3. The molecule has 0 aliphatic heterocycles. The first-order valence-electron chi connectivity index (χ1n) is 13.1. The van der Waals surface area contributed by atoms with Gasteiger partial charge in [-0.3, -0.25) is 4.55 Å². The van der Waals surface area contributed by atoms with Crippen molar-refractivity contribution in [1.82, 2.24) is 0 Å². The minimum atomic E-state index is -5.84. The fourth-order valence-corrected chi connectivity index (χ4v) is 5.44. The summed E-state index contributed by atoms with van der Waals surface area (Å²) in [7, 11) is -6.12. The number of benzene rings is 3. The molecule has 0 aliphatic rings. The lowest BCUT2D eigenvalue weighted by molar-refractivity contribution is -0.0510. The van der Waals surface area contributed by atoms with Gasteiger partial charge < -0.3 is 14.2 Å². The third-order valence-electron chi connectivity index (χ3n) is 4.74. The molecule has 0 spiro atoms. The van der Waals surface area contributed by atoms with Crippen LogP contribution in [0.15, 0.2) is 87.5 Å². The van der Waals surface area contributed by atoms with Crippen molar-refractivity contribution in [2.24, 2.45) is 0 Å². The molecule has 0 heterocycles. The Morgan fingerprint density at radius 3 is 0.857 bits per heavy atom. The van der Waals surface area contributed by atoms with Crippen molar-refractivity contribution >= 4 is 21.0 Å². The maximum absolute atomic E-state index is 10.7. The van der Waals surface area contributed by atoms with E-state index in [4.69, 9.17) is 27.2 Å². The molecule has 0 bridgehead atoms. The van der Waals surface area contributed by atoms with E-state index >= 15 is 0 Å². The first-order valence-corrected chi connectivity index (χ1v) is 15.8. The Morgan fingerprint density at radius 1 is 0.524 bits per heavy atom. The van der Waals surface area contributed by atoms with Gasteiger partial charge in [-0.25, -0.2) is 0 Å². The number of hydrogen-bond donors (Lipinski definition) is 1. The van der Waals surface area contributed by atoms with Crippen molar-refractivity contribution in [3.05, 3.63) is 72.8 Å². The van der Waals surface area contributed by atoms with Gasteiger partial charge in [-0.1, -0.05) is 0 Å². The van der Waals surface area contributed by atoms with E-state index in [1.54, 1.807) is 0 Å². The summed E-state index contributed by atoms with van der Waals surface area (Å²) in [5.41, 5.74) is -6.22. The fraction of sp³-hybridized carbons (Fsp3) is 0.419. The van der Waals surface area contributed by atoms with Gasteiger partial charge in [0.1, 0.15) is 34.1 Å². The van der Waals surface area contributed by atoms with Crippen LogP contribution in [0.5, 0.6) is 17.2 Å². The summed E-state index contributed by atoms with van der Waals surface area (Å²) in [6.07, 6.45) is 0. The third kappa shape index (κ3) is 12.1. The van der Waals surface area contributed by atoms with Gasteiger partial charge in [-0.2, -0.15) is 21.6 Å². The predicted octanol–water partition coefficient (Wildman–Crippen LogP) is 8.71. The highest BCUT2D eigenvalue weighted by Gasteiger charge is 2.44. The molecule has 3 aromatic carbocycles. The van der Waals surface area contributed by atoms with Crippen LogP contribution in [-0.4, -0.2) is 35.3 Å².